The molecule has 2 bridgehead atoms. The molecule has 0 amide bonds. The number of esters is 2. The third kappa shape index (κ3) is 3.38. The van der Waals surface area contributed by atoms with Crippen molar-refractivity contribution in [2.75, 3.05) is 0 Å². The van der Waals surface area contributed by atoms with Gasteiger partial charge in [0.25, 0.3) is 0 Å². The lowest BCUT2D eigenvalue weighted by Gasteiger charge is -2.46. The fourth-order valence-corrected chi connectivity index (χ4v) is 8.86. The summed E-state index contributed by atoms with van der Waals surface area (Å²) in [5.41, 5.74) is 0.271. The van der Waals surface area contributed by atoms with Crippen molar-refractivity contribution in [3.8, 4) is 0 Å². The van der Waals surface area contributed by atoms with Crippen molar-refractivity contribution in [2.45, 2.75) is 44.0 Å². The molecule has 2 saturated heterocycles. The van der Waals surface area contributed by atoms with Crippen LogP contribution in [0, 0.1) is 35.0 Å². The van der Waals surface area contributed by atoms with Crippen LogP contribution >= 0.6 is 0 Å². The van der Waals surface area contributed by atoms with E-state index in [0.717, 1.165) is 11.1 Å². The molecule has 3 aliphatic heterocycles. The molecule has 42 heavy (non-hydrogen) atoms. The van der Waals surface area contributed by atoms with Gasteiger partial charge in [-0.3, -0.25) is 24.0 Å². The predicted octanol–water partition coefficient (Wildman–Crippen LogP) is 3.95. The van der Waals surface area contributed by atoms with Gasteiger partial charge in [-0.25, -0.2) is 0 Å². The SMILES string of the molecule is O=C1C[C@@H]2C3=C(O[C@H](c4ccccc4)CC3=O)[C@H]3[C@@H]([C@@H]2O1)[C@H]1C[C@@H]2OC(=O)C[C@@H]2[C@]3(C(=O)/C=C/c2ccccc2)C1=O. The maximum absolute atomic E-state index is 14.6. The zero-order chi connectivity index (χ0) is 28.7. The molecular formula is C34H28O8. The molecule has 9 atom stereocenters. The van der Waals surface area contributed by atoms with Crippen LogP contribution in [0.15, 0.2) is 78.1 Å². The minimum Gasteiger partial charge on any atom is -0.489 e. The molecule has 3 aliphatic carbocycles. The lowest BCUT2D eigenvalue weighted by atomic mass is 9.57. The largest absolute Gasteiger partial charge is 0.489 e. The van der Waals surface area contributed by atoms with Crippen molar-refractivity contribution >= 4 is 35.4 Å². The Balaban J connectivity index is 1.33. The van der Waals surface area contributed by atoms with Crippen LogP contribution in [-0.2, 0) is 38.2 Å². The molecule has 0 aromatic heterocycles. The molecule has 2 aromatic carbocycles. The van der Waals surface area contributed by atoms with E-state index in [4.69, 9.17) is 14.2 Å². The van der Waals surface area contributed by atoms with Gasteiger partial charge in [-0.15, -0.1) is 0 Å². The van der Waals surface area contributed by atoms with Crippen LogP contribution in [0.1, 0.15) is 42.9 Å². The van der Waals surface area contributed by atoms with Crippen LogP contribution in [-0.4, -0.2) is 41.5 Å². The molecule has 4 fully saturated rings. The minimum atomic E-state index is -1.69. The molecule has 2 saturated carbocycles. The number of hydrogen-bond acceptors (Lipinski definition) is 8. The molecule has 212 valence electrons. The molecular weight excluding hydrogens is 536 g/mol. The van der Waals surface area contributed by atoms with E-state index in [9.17, 15) is 24.0 Å². The summed E-state index contributed by atoms with van der Waals surface area (Å²) in [6, 6.07) is 18.7. The van der Waals surface area contributed by atoms with Gasteiger partial charge in [0.05, 0.1) is 19.3 Å². The summed E-state index contributed by atoms with van der Waals surface area (Å²) in [7, 11) is 0. The molecule has 2 aromatic rings. The van der Waals surface area contributed by atoms with Crippen LogP contribution < -0.4 is 0 Å². The summed E-state index contributed by atoms with van der Waals surface area (Å²) in [6.07, 6.45) is 1.42. The molecule has 0 unspecified atom stereocenters. The van der Waals surface area contributed by atoms with E-state index in [1.807, 2.05) is 60.7 Å². The third-order valence-corrected chi connectivity index (χ3v) is 10.4. The number of benzene rings is 2. The topological polar surface area (TPSA) is 113 Å². The highest BCUT2D eigenvalue weighted by molar-refractivity contribution is 6.17. The van der Waals surface area contributed by atoms with Crippen LogP contribution in [0.5, 0.6) is 0 Å². The van der Waals surface area contributed by atoms with Crippen molar-refractivity contribution in [3.05, 3.63) is 89.2 Å². The zero-order valence-corrected chi connectivity index (χ0v) is 22.6. The summed E-state index contributed by atoms with van der Waals surface area (Å²) >= 11 is 0. The molecule has 8 nitrogen and oxygen atoms in total. The van der Waals surface area contributed by atoms with E-state index in [1.165, 1.54) is 6.08 Å². The number of carbonyl (C=O) groups excluding carboxylic acids is 5. The second-order valence-electron chi connectivity index (χ2n) is 12.3. The molecule has 6 aliphatic rings. The van der Waals surface area contributed by atoms with Gasteiger partial charge in [0.1, 0.15) is 29.5 Å². The van der Waals surface area contributed by atoms with Gasteiger partial charge in [0.2, 0.25) is 0 Å². The predicted molar refractivity (Wildman–Crippen MR) is 146 cm³/mol. The number of Topliss-reactive ketones (excluding diaryl/α,β-unsaturated/α-hetero) is 2. The number of allylic oxidation sites excluding steroid dienone is 2. The Bertz CT molecular complexity index is 1610. The summed E-state index contributed by atoms with van der Waals surface area (Å²) in [5, 5.41) is 0. The Morgan fingerprint density at radius 2 is 1.52 bits per heavy atom. The molecule has 0 spiro atoms. The lowest BCUT2D eigenvalue weighted by molar-refractivity contribution is -0.154. The van der Waals surface area contributed by atoms with Gasteiger partial charge in [-0.1, -0.05) is 66.7 Å². The van der Waals surface area contributed by atoms with Crippen molar-refractivity contribution in [3.63, 3.8) is 0 Å². The number of hydrogen-bond donors (Lipinski definition) is 0. The monoisotopic (exact) mass is 564 g/mol. The first-order valence-electron chi connectivity index (χ1n) is 14.6. The highest BCUT2D eigenvalue weighted by Crippen LogP contribution is 2.69. The zero-order valence-electron chi connectivity index (χ0n) is 22.6. The Morgan fingerprint density at radius 3 is 2.29 bits per heavy atom. The van der Waals surface area contributed by atoms with Crippen LogP contribution in [0.25, 0.3) is 6.08 Å². The van der Waals surface area contributed by atoms with E-state index in [2.05, 4.69) is 0 Å². The van der Waals surface area contributed by atoms with E-state index < -0.39 is 71.0 Å². The Labute approximate surface area is 241 Å². The number of ether oxygens (including phenoxy) is 3. The number of ketones is 3. The third-order valence-electron chi connectivity index (χ3n) is 10.4. The normalized spacial score (nSPS) is 37.9. The number of rotatable bonds is 4. The number of carbonyl (C=O) groups is 5. The fourth-order valence-electron chi connectivity index (χ4n) is 8.86. The summed E-state index contributed by atoms with van der Waals surface area (Å²) < 4.78 is 18.3. The van der Waals surface area contributed by atoms with E-state index in [-0.39, 0.29) is 37.2 Å². The van der Waals surface area contributed by atoms with Crippen molar-refractivity contribution in [2.24, 2.45) is 35.0 Å². The maximum Gasteiger partial charge on any atom is 0.306 e. The lowest BCUT2D eigenvalue weighted by Crippen LogP contribution is -2.54. The first kappa shape index (κ1) is 25.4. The van der Waals surface area contributed by atoms with Gasteiger partial charge in [-0.2, -0.15) is 0 Å². The molecule has 0 radical (unpaired) electrons. The van der Waals surface area contributed by atoms with Crippen molar-refractivity contribution in [1.82, 2.24) is 0 Å². The van der Waals surface area contributed by atoms with E-state index in [1.54, 1.807) is 6.08 Å². The van der Waals surface area contributed by atoms with Gasteiger partial charge >= 0.3 is 11.9 Å². The van der Waals surface area contributed by atoms with Crippen LogP contribution in [0.2, 0.25) is 0 Å². The van der Waals surface area contributed by atoms with Crippen molar-refractivity contribution < 1.29 is 38.2 Å². The summed E-state index contributed by atoms with van der Waals surface area (Å²) in [6.45, 7) is 0. The van der Waals surface area contributed by atoms with E-state index in [0.29, 0.717) is 11.3 Å². The first-order chi connectivity index (χ1) is 20.4. The molecule has 0 N–H and O–H groups in total. The quantitative estimate of drug-likeness (QED) is 0.312. The summed E-state index contributed by atoms with van der Waals surface area (Å²) in [5.74, 6) is -4.78. The molecule has 3 heterocycles. The van der Waals surface area contributed by atoms with Crippen LogP contribution in [0.4, 0.5) is 0 Å². The smallest absolute Gasteiger partial charge is 0.306 e. The minimum absolute atomic E-state index is 0.0232. The standard InChI is InChI=1S/C34H28O8/c35-22-16-23(18-9-5-2-6-10-18)41-32-28(22)19-14-26(37)42-31(19)29-20-13-24-21(15-27(38)40-24)34(30(29)32,33(20)39)25(36)12-11-17-7-3-1-4-8-17/h1-12,19-21,23-24,29-31H,13-16H2/b12-11+/t19-,20-,21+,23+,24+,29+,30-,31-,34-/m1/s1. The maximum atomic E-state index is 14.6. The first-order valence-corrected chi connectivity index (χ1v) is 14.6. The average Bonchev–Trinajstić information content (AvgIpc) is 3.62. The van der Waals surface area contributed by atoms with Gasteiger partial charge in [-0.05, 0) is 23.6 Å². The average molecular weight is 565 g/mol. The van der Waals surface area contributed by atoms with Gasteiger partial charge < -0.3 is 14.2 Å². The van der Waals surface area contributed by atoms with Gasteiger partial charge in [0.15, 0.2) is 17.3 Å². The molecule has 8 heteroatoms. The summed E-state index contributed by atoms with van der Waals surface area (Å²) in [4.78, 5) is 68.5. The Hall–Kier alpha value is -4.33. The van der Waals surface area contributed by atoms with Crippen LogP contribution in [0.3, 0.4) is 0 Å². The van der Waals surface area contributed by atoms with Gasteiger partial charge in [0, 0.05) is 35.2 Å². The van der Waals surface area contributed by atoms with Crippen molar-refractivity contribution in [1.29, 1.82) is 0 Å². The van der Waals surface area contributed by atoms with E-state index >= 15 is 0 Å². The fraction of sp³-hybridized carbons (Fsp3) is 0.382. The second kappa shape index (κ2) is 9.08. The Morgan fingerprint density at radius 1 is 0.810 bits per heavy atom. The Kier molecular flexibility index (Phi) is 5.49. The highest BCUT2D eigenvalue weighted by Gasteiger charge is 2.78. The second-order valence-corrected chi connectivity index (χ2v) is 12.3. The highest BCUT2D eigenvalue weighted by atomic mass is 16.6. The number of fused-ring (bicyclic) bond motifs is 11. The molecule has 8 rings (SSSR count).